The van der Waals surface area contributed by atoms with E-state index in [-0.39, 0.29) is 0 Å². The molecule has 0 radical (unpaired) electrons. The lowest BCUT2D eigenvalue weighted by molar-refractivity contribution is -0.400. The third-order valence-electron chi connectivity index (χ3n) is 3.03. The molecule has 0 saturated carbocycles. The van der Waals surface area contributed by atoms with E-state index in [2.05, 4.69) is 39.0 Å². The lowest BCUT2D eigenvalue weighted by atomic mass is 9.94. The first-order chi connectivity index (χ1) is 4.01. The third-order valence-corrected chi connectivity index (χ3v) is 3.03. The van der Waals surface area contributed by atoms with Crippen molar-refractivity contribution in [2.45, 2.75) is 39.3 Å². The predicted molar refractivity (Wildman–Crippen MR) is 40.1 cm³/mol. The molecule has 1 heteroatoms. The molecule has 2 unspecified atom stereocenters. The van der Waals surface area contributed by atoms with Gasteiger partial charge in [0.25, 0.3) is 0 Å². The molecule has 52 valence electrons. The van der Waals surface area contributed by atoms with Crippen molar-refractivity contribution in [3.63, 3.8) is 0 Å². The van der Waals surface area contributed by atoms with Gasteiger partial charge in [-0.1, -0.05) is 13.8 Å². The molecule has 1 fully saturated rings. The molecule has 1 aliphatic rings. The summed E-state index contributed by atoms with van der Waals surface area (Å²) in [5.41, 5.74) is 0.389. The van der Waals surface area contributed by atoms with Crippen molar-refractivity contribution in [2.75, 3.05) is 0 Å². The molecule has 1 nitrogen and oxygen atoms in total. The van der Waals surface area contributed by atoms with Crippen molar-refractivity contribution >= 4 is 6.72 Å². The standard InChI is InChI=1S/C8H16N/c1-6(2)8(4)7(3)9(8)5/h6-7H,5H2,1-4H3/q+1. The summed E-state index contributed by atoms with van der Waals surface area (Å²) in [7, 11) is 0. The van der Waals surface area contributed by atoms with Gasteiger partial charge in [-0.05, 0) is 0 Å². The monoisotopic (exact) mass is 126 g/mol. The van der Waals surface area contributed by atoms with Gasteiger partial charge in [0.15, 0.2) is 0 Å². The molecule has 0 aromatic heterocycles. The first-order valence-corrected chi connectivity index (χ1v) is 3.61. The second-order valence-electron chi connectivity index (χ2n) is 3.53. The van der Waals surface area contributed by atoms with E-state index in [4.69, 9.17) is 0 Å². The lowest BCUT2D eigenvalue weighted by Crippen LogP contribution is -2.18. The van der Waals surface area contributed by atoms with Crippen LogP contribution in [0.4, 0.5) is 0 Å². The zero-order chi connectivity index (χ0) is 7.23. The fourth-order valence-electron chi connectivity index (χ4n) is 1.47. The molecule has 0 spiro atoms. The summed E-state index contributed by atoms with van der Waals surface area (Å²) in [4.78, 5) is 0. The molecule has 0 aliphatic carbocycles. The number of hydrogen-bond acceptors (Lipinski definition) is 0. The van der Waals surface area contributed by atoms with Gasteiger partial charge >= 0.3 is 0 Å². The molecule has 2 atom stereocenters. The molecule has 0 aromatic rings. The van der Waals surface area contributed by atoms with E-state index in [1.165, 1.54) is 0 Å². The smallest absolute Gasteiger partial charge is 0.221 e. The fourth-order valence-corrected chi connectivity index (χ4v) is 1.47. The van der Waals surface area contributed by atoms with Crippen LogP contribution < -0.4 is 0 Å². The van der Waals surface area contributed by atoms with Crippen LogP contribution in [0.2, 0.25) is 0 Å². The molecular formula is C8H16N+. The Morgan fingerprint density at radius 2 is 1.89 bits per heavy atom. The van der Waals surface area contributed by atoms with Crippen molar-refractivity contribution in [1.82, 2.24) is 0 Å². The minimum absolute atomic E-state index is 0.389. The molecule has 1 rings (SSSR count). The van der Waals surface area contributed by atoms with Crippen molar-refractivity contribution in [2.24, 2.45) is 5.92 Å². The largest absolute Gasteiger partial charge is 0.222 e. The second kappa shape index (κ2) is 1.59. The summed E-state index contributed by atoms with van der Waals surface area (Å²) in [5, 5.41) is 0. The fraction of sp³-hybridized carbons (Fsp3) is 0.875. The van der Waals surface area contributed by atoms with Crippen LogP contribution in [0.5, 0.6) is 0 Å². The van der Waals surface area contributed by atoms with E-state index in [0.29, 0.717) is 11.6 Å². The Balaban J connectivity index is 2.71. The maximum absolute atomic E-state index is 3.94. The molecule has 0 N–H and O–H groups in total. The summed E-state index contributed by atoms with van der Waals surface area (Å²) in [6.45, 7) is 12.9. The second-order valence-corrected chi connectivity index (χ2v) is 3.53. The molecule has 0 bridgehead atoms. The Morgan fingerprint density at radius 3 is 1.89 bits per heavy atom. The summed E-state index contributed by atoms with van der Waals surface area (Å²) in [5.74, 6) is 0.727. The van der Waals surface area contributed by atoms with E-state index in [1.54, 1.807) is 0 Å². The predicted octanol–water partition coefficient (Wildman–Crippen LogP) is 1.52. The maximum atomic E-state index is 3.94. The Labute approximate surface area is 57.4 Å². The van der Waals surface area contributed by atoms with Gasteiger partial charge in [-0.25, -0.2) is 4.58 Å². The summed E-state index contributed by atoms with van der Waals surface area (Å²) >= 11 is 0. The molecule has 1 saturated heterocycles. The molecule has 1 heterocycles. The van der Waals surface area contributed by atoms with Crippen LogP contribution in [0.15, 0.2) is 0 Å². The minimum Gasteiger partial charge on any atom is -0.221 e. The molecule has 9 heavy (non-hydrogen) atoms. The normalized spacial score (nSPS) is 41.9. The van der Waals surface area contributed by atoms with E-state index >= 15 is 0 Å². The zero-order valence-electron chi connectivity index (χ0n) is 6.81. The van der Waals surface area contributed by atoms with Gasteiger partial charge < -0.3 is 0 Å². The maximum Gasteiger partial charge on any atom is 0.222 e. The average molecular weight is 126 g/mol. The van der Waals surface area contributed by atoms with Crippen LogP contribution >= 0.6 is 0 Å². The number of hydrogen-bond donors (Lipinski definition) is 0. The SMILES string of the molecule is C=[N+]1C(C)C1(C)C(C)C. The average Bonchev–Trinajstić information content (AvgIpc) is 2.22. The van der Waals surface area contributed by atoms with Crippen LogP contribution in [0.1, 0.15) is 27.7 Å². The Kier molecular flexibility index (Phi) is 1.20. The van der Waals surface area contributed by atoms with Crippen LogP contribution in [-0.2, 0) is 0 Å². The van der Waals surface area contributed by atoms with E-state index in [0.717, 1.165) is 5.92 Å². The lowest BCUT2D eigenvalue weighted by Gasteiger charge is -2.01. The quantitative estimate of drug-likeness (QED) is 0.370. The Hall–Kier alpha value is -0.330. The first kappa shape index (κ1) is 6.79. The van der Waals surface area contributed by atoms with Gasteiger partial charge in [0.2, 0.25) is 11.6 Å². The highest BCUT2D eigenvalue weighted by molar-refractivity contribution is 5.21. The van der Waals surface area contributed by atoms with Crippen LogP contribution in [0.3, 0.4) is 0 Å². The number of nitrogens with zero attached hydrogens (tertiary/aromatic N) is 1. The Morgan fingerprint density at radius 1 is 1.56 bits per heavy atom. The van der Waals surface area contributed by atoms with Crippen molar-refractivity contribution < 1.29 is 4.58 Å². The zero-order valence-corrected chi connectivity index (χ0v) is 6.81. The van der Waals surface area contributed by atoms with Crippen molar-refractivity contribution in [3.05, 3.63) is 0 Å². The van der Waals surface area contributed by atoms with Crippen LogP contribution in [0.25, 0.3) is 0 Å². The van der Waals surface area contributed by atoms with E-state index < -0.39 is 0 Å². The van der Waals surface area contributed by atoms with Gasteiger partial charge in [-0.15, -0.1) is 0 Å². The van der Waals surface area contributed by atoms with Gasteiger partial charge in [-0.3, -0.25) is 0 Å². The summed E-state index contributed by atoms with van der Waals surface area (Å²) in [6.07, 6.45) is 0. The molecule has 1 aliphatic heterocycles. The molecule has 0 aromatic carbocycles. The highest BCUT2D eigenvalue weighted by Crippen LogP contribution is 2.40. The molecule has 0 amide bonds. The topological polar surface area (TPSA) is 3.01 Å². The highest BCUT2D eigenvalue weighted by atomic mass is 15.3. The van der Waals surface area contributed by atoms with Gasteiger partial charge in [-0.2, -0.15) is 0 Å². The van der Waals surface area contributed by atoms with Crippen LogP contribution in [-0.4, -0.2) is 22.9 Å². The van der Waals surface area contributed by atoms with Gasteiger partial charge in [0.1, 0.15) is 6.72 Å². The Bertz CT molecular complexity index is 149. The number of rotatable bonds is 1. The first-order valence-electron chi connectivity index (χ1n) is 3.61. The summed E-state index contributed by atoms with van der Waals surface area (Å²) < 4.78 is 2.18. The van der Waals surface area contributed by atoms with Gasteiger partial charge in [0, 0.05) is 19.8 Å². The third kappa shape index (κ3) is 0.637. The van der Waals surface area contributed by atoms with Gasteiger partial charge in [0.05, 0.1) is 0 Å². The van der Waals surface area contributed by atoms with E-state index in [1.807, 2.05) is 0 Å². The van der Waals surface area contributed by atoms with Crippen LogP contribution in [0, 0.1) is 5.92 Å². The van der Waals surface area contributed by atoms with Crippen molar-refractivity contribution in [1.29, 1.82) is 0 Å². The minimum atomic E-state index is 0.389. The highest BCUT2D eigenvalue weighted by Gasteiger charge is 2.64. The van der Waals surface area contributed by atoms with E-state index in [9.17, 15) is 0 Å². The summed E-state index contributed by atoms with van der Waals surface area (Å²) in [6, 6.07) is 0.678. The molecular weight excluding hydrogens is 110 g/mol. The van der Waals surface area contributed by atoms with Crippen molar-refractivity contribution in [3.8, 4) is 0 Å².